The summed E-state index contributed by atoms with van der Waals surface area (Å²) in [5, 5.41) is 0. The van der Waals surface area contributed by atoms with Gasteiger partial charge in [-0.1, -0.05) is 6.92 Å². The fourth-order valence-electron chi connectivity index (χ4n) is 4.57. The van der Waals surface area contributed by atoms with Gasteiger partial charge in [0.05, 0.1) is 5.56 Å². The standard InChI is InChI=1S/C23H25F3O12S/c1-4-22(2,3)37-12-9-10(5-6-11(12)38-23(24,25)26)19(27)35-17-15-13(20(28)33-7-8-39(30,31)32)14-16(34-15)18(17)36-21(14)29/h5-6,9,13-18H,4,7-8H2,1-3H3,(H,30,31,32). The van der Waals surface area contributed by atoms with E-state index in [9.17, 15) is 36.0 Å². The maximum Gasteiger partial charge on any atom is 0.573 e. The van der Waals surface area contributed by atoms with Crippen molar-refractivity contribution < 1.29 is 68.9 Å². The third kappa shape index (κ3) is 6.22. The zero-order valence-corrected chi connectivity index (χ0v) is 21.6. The highest BCUT2D eigenvalue weighted by Gasteiger charge is 2.72. The summed E-state index contributed by atoms with van der Waals surface area (Å²) in [6.45, 7) is 4.31. The number of rotatable bonds is 10. The molecule has 1 aromatic rings. The van der Waals surface area contributed by atoms with E-state index in [4.69, 9.17) is 28.2 Å². The fourth-order valence-corrected chi connectivity index (χ4v) is 4.86. The Hall–Kier alpha value is -3.11. The largest absolute Gasteiger partial charge is 0.573 e. The van der Waals surface area contributed by atoms with Crippen LogP contribution in [0.2, 0.25) is 0 Å². The van der Waals surface area contributed by atoms with Gasteiger partial charge in [-0.15, -0.1) is 13.2 Å². The average Bonchev–Trinajstić information content (AvgIpc) is 3.42. The van der Waals surface area contributed by atoms with E-state index >= 15 is 0 Å². The Kier molecular flexibility index (Phi) is 7.50. The molecule has 3 fully saturated rings. The summed E-state index contributed by atoms with van der Waals surface area (Å²) in [6.07, 6.45) is -9.05. The van der Waals surface area contributed by atoms with Gasteiger partial charge < -0.3 is 28.4 Å². The normalized spacial score (nSPS) is 27.7. The topological polar surface area (TPSA) is 161 Å². The summed E-state index contributed by atoms with van der Waals surface area (Å²) in [5.41, 5.74) is -1.14. The summed E-state index contributed by atoms with van der Waals surface area (Å²) in [4.78, 5) is 38.1. The first-order chi connectivity index (χ1) is 18.0. The van der Waals surface area contributed by atoms with E-state index in [-0.39, 0.29) is 11.3 Å². The molecular formula is C23H25F3O12S. The van der Waals surface area contributed by atoms with Crippen molar-refractivity contribution in [3.63, 3.8) is 0 Å². The number of hydrogen-bond acceptors (Lipinski definition) is 11. The second-order valence-electron chi connectivity index (χ2n) is 9.77. The second kappa shape index (κ2) is 10.1. The minimum absolute atomic E-state index is 0.220. The number of ether oxygens (including phenoxy) is 6. The number of esters is 3. The highest BCUT2D eigenvalue weighted by Crippen LogP contribution is 2.51. The second-order valence-corrected chi connectivity index (χ2v) is 11.3. The SMILES string of the molecule is CCC(C)(C)Oc1cc(C(=O)OC2C3OC(=O)C4C3OC2C4C(=O)OCCS(=O)(=O)O)ccc1OC(F)(F)F. The van der Waals surface area contributed by atoms with Crippen LogP contribution in [0, 0.1) is 11.8 Å². The van der Waals surface area contributed by atoms with Gasteiger partial charge in [-0.25, -0.2) is 4.79 Å². The maximum absolute atomic E-state index is 13.0. The first-order valence-corrected chi connectivity index (χ1v) is 13.4. The first-order valence-electron chi connectivity index (χ1n) is 11.8. The van der Waals surface area contributed by atoms with Gasteiger partial charge in [0.1, 0.15) is 42.0 Å². The Labute approximate surface area is 220 Å². The molecule has 216 valence electrons. The van der Waals surface area contributed by atoms with Gasteiger partial charge in [-0.2, -0.15) is 8.42 Å². The van der Waals surface area contributed by atoms with Crippen LogP contribution in [0.25, 0.3) is 0 Å². The molecule has 3 saturated heterocycles. The lowest BCUT2D eigenvalue weighted by Gasteiger charge is -2.28. The van der Waals surface area contributed by atoms with Crippen LogP contribution in [0.3, 0.4) is 0 Å². The number of alkyl halides is 3. The fraction of sp³-hybridized carbons (Fsp3) is 0.609. The van der Waals surface area contributed by atoms with Crippen LogP contribution >= 0.6 is 0 Å². The van der Waals surface area contributed by atoms with Crippen molar-refractivity contribution in [2.75, 3.05) is 12.4 Å². The van der Waals surface area contributed by atoms with E-state index in [0.29, 0.717) is 6.42 Å². The molecule has 6 atom stereocenters. The van der Waals surface area contributed by atoms with Gasteiger partial charge in [0.25, 0.3) is 10.1 Å². The third-order valence-electron chi connectivity index (χ3n) is 6.65. The molecular weight excluding hydrogens is 557 g/mol. The number of fused-ring (bicyclic) bond motifs is 1. The molecule has 0 aromatic heterocycles. The molecule has 0 amide bonds. The van der Waals surface area contributed by atoms with Gasteiger partial charge >= 0.3 is 24.3 Å². The molecule has 6 unspecified atom stereocenters. The number of halogens is 3. The van der Waals surface area contributed by atoms with Gasteiger partial charge in [0.2, 0.25) is 0 Å². The monoisotopic (exact) mass is 582 g/mol. The number of benzene rings is 1. The molecule has 3 aliphatic heterocycles. The molecule has 0 spiro atoms. The lowest BCUT2D eigenvalue weighted by molar-refractivity contribution is -0.275. The van der Waals surface area contributed by atoms with Gasteiger partial charge in [-0.05, 0) is 38.5 Å². The molecule has 39 heavy (non-hydrogen) atoms. The lowest BCUT2D eigenvalue weighted by Crippen LogP contribution is -2.48. The van der Waals surface area contributed by atoms with Crippen molar-refractivity contribution in [1.82, 2.24) is 0 Å². The Balaban J connectivity index is 1.54. The van der Waals surface area contributed by atoms with Crippen LogP contribution in [-0.4, -0.2) is 79.6 Å². The van der Waals surface area contributed by atoms with Crippen LogP contribution in [0.5, 0.6) is 11.5 Å². The van der Waals surface area contributed by atoms with Gasteiger partial charge in [-0.3, -0.25) is 14.1 Å². The number of hydrogen-bond donors (Lipinski definition) is 1. The van der Waals surface area contributed by atoms with Crippen molar-refractivity contribution in [2.45, 2.75) is 63.6 Å². The van der Waals surface area contributed by atoms with E-state index < -0.39 is 94.4 Å². The summed E-state index contributed by atoms with van der Waals surface area (Å²) in [7, 11) is -4.41. The van der Waals surface area contributed by atoms with Crippen molar-refractivity contribution in [3.05, 3.63) is 23.8 Å². The van der Waals surface area contributed by atoms with E-state index in [1.165, 1.54) is 0 Å². The molecule has 1 N–H and O–H groups in total. The van der Waals surface area contributed by atoms with Crippen LogP contribution < -0.4 is 9.47 Å². The van der Waals surface area contributed by atoms with Crippen molar-refractivity contribution >= 4 is 28.0 Å². The van der Waals surface area contributed by atoms with E-state index in [1.54, 1.807) is 20.8 Å². The Morgan fingerprint density at radius 2 is 1.77 bits per heavy atom. The summed E-state index contributed by atoms with van der Waals surface area (Å²) in [6, 6.07) is 2.93. The van der Waals surface area contributed by atoms with Gasteiger partial charge in [0.15, 0.2) is 23.7 Å². The van der Waals surface area contributed by atoms with Crippen LogP contribution in [0.15, 0.2) is 18.2 Å². The zero-order chi connectivity index (χ0) is 28.9. The minimum atomic E-state index is -5.02. The third-order valence-corrected chi connectivity index (χ3v) is 7.33. The quantitative estimate of drug-likeness (QED) is 0.243. The predicted molar refractivity (Wildman–Crippen MR) is 120 cm³/mol. The first kappa shape index (κ1) is 28.9. The van der Waals surface area contributed by atoms with E-state index in [2.05, 4.69) is 4.74 Å². The maximum atomic E-state index is 13.0. The van der Waals surface area contributed by atoms with Crippen molar-refractivity contribution in [3.8, 4) is 11.5 Å². The lowest BCUT2D eigenvalue weighted by atomic mass is 9.78. The molecule has 16 heteroatoms. The average molecular weight is 583 g/mol. The van der Waals surface area contributed by atoms with E-state index in [1.807, 2.05) is 0 Å². The molecule has 0 aliphatic carbocycles. The van der Waals surface area contributed by atoms with E-state index in [0.717, 1.165) is 18.2 Å². The Morgan fingerprint density at radius 1 is 1.08 bits per heavy atom. The molecule has 3 aliphatic rings. The predicted octanol–water partition coefficient (Wildman–Crippen LogP) is 2.05. The summed E-state index contributed by atoms with van der Waals surface area (Å²) >= 11 is 0. The molecule has 3 heterocycles. The van der Waals surface area contributed by atoms with Crippen molar-refractivity contribution in [2.24, 2.45) is 11.8 Å². The highest BCUT2D eigenvalue weighted by atomic mass is 32.2. The van der Waals surface area contributed by atoms with Crippen LogP contribution in [-0.2, 0) is 38.7 Å². The molecule has 12 nitrogen and oxygen atoms in total. The molecule has 0 radical (unpaired) electrons. The van der Waals surface area contributed by atoms with Gasteiger partial charge in [0, 0.05) is 0 Å². The highest BCUT2D eigenvalue weighted by molar-refractivity contribution is 7.85. The number of carbonyl (C=O) groups excluding carboxylic acids is 3. The van der Waals surface area contributed by atoms with Crippen LogP contribution in [0.4, 0.5) is 13.2 Å². The number of carbonyl (C=O) groups is 3. The van der Waals surface area contributed by atoms with Crippen LogP contribution in [0.1, 0.15) is 37.6 Å². The molecule has 2 bridgehead atoms. The zero-order valence-electron chi connectivity index (χ0n) is 20.8. The molecule has 4 rings (SSSR count). The molecule has 1 aromatic carbocycles. The Morgan fingerprint density at radius 3 is 2.38 bits per heavy atom. The summed E-state index contributed by atoms with van der Waals surface area (Å²) in [5.74, 6) is -7.12. The summed E-state index contributed by atoms with van der Waals surface area (Å²) < 4.78 is 100. The molecule has 0 saturated carbocycles. The van der Waals surface area contributed by atoms with Crippen molar-refractivity contribution in [1.29, 1.82) is 0 Å². The minimum Gasteiger partial charge on any atom is -0.484 e. The smallest absolute Gasteiger partial charge is 0.484 e. The Bertz CT molecular complexity index is 1260.